The second-order valence-electron chi connectivity index (χ2n) is 10.0. The summed E-state index contributed by atoms with van der Waals surface area (Å²) in [7, 11) is 0. The SMILES string of the molecule is C/C(=C(\C=C(/C)Nc1cccc2nc(-c3ccccc3)c(-c3ccccc3)nc12)Nc1ccccc1)C(C)C. The van der Waals surface area contributed by atoms with Crippen LogP contribution < -0.4 is 10.6 Å². The number of rotatable bonds is 8. The van der Waals surface area contributed by atoms with Crippen molar-refractivity contribution in [3.63, 3.8) is 0 Å². The van der Waals surface area contributed by atoms with Crippen molar-refractivity contribution in [2.75, 3.05) is 10.6 Å². The first-order chi connectivity index (χ1) is 19.0. The molecule has 4 nitrogen and oxygen atoms in total. The van der Waals surface area contributed by atoms with Crippen LogP contribution in [0.4, 0.5) is 11.4 Å². The predicted molar refractivity (Wildman–Crippen MR) is 165 cm³/mol. The molecule has 5 aromatic rings. The summed E-state index contributed by atoms with van der Waals surface area (Å²) in [4.78, 5) is 10.3. The fourth-order valence-electron chi connectivity index (χ4n) is 4.47. The van der Waals surface area contributed by atoms with Crippen molar-refractivity contribution in [2.24, 2.45) is 5.92 Å². The lowest BCUT2D eigenvalue weighted by molar-refractivity contribution is 0.761. The summed E-state index contributed by atoms with van der Waals surface area (Å²) in [6.07, 6.45) is 2.17. The van der Waals surface area contributed by atoms with E-state index in [0.29, 0.717) is 5.92 Å². The minimum absolute atomic E-state index is 0.411. The lowest BCUT2D eigenvalue weighted by Crippen LogP contribution is -2.07. The van der Waals surface area contributed by atoms with Crippen molar-refractivity contribution in [1.29, 1.82) is 0 Å². The highest BCUT2D eigenvalue weighted by Crippen LogP contribution is 2.33. The smallest absolute Gasteiger partial charge is 0.113 e. The molecule has 0 radical (unpaired) electrons. The van der Waals surface area contributed by atoms with Gasteiger partial charge < -0.3 is 10.6 Å². The van der Waals surface area contributed by atoms with Crippen LogP contribution in [0, 0.1) is 5.92 Å². The molecule has 0 saturated heterocycles. The summed E-state index contributed by atoms with van der Waals surface area (Å²) in [6.45, 7) is 8.70. The van der Waals surface area contributed by atoms with E-state index < -0.39 is 0 Å². The maximum absolute atomic E-state index is 5.21. The minimum Gasteiger partial charge on any atom is -0.357 e. The zero-order chi connectivity index (χ0) is 27.2. The first kappa shape index (κ1) is 25.9. The van der Waals surface area contributed by atoms with Gasteiger partial charge in [-0.3, -0.25) is 0 Å². The fourth-order valence-corrected chi connectivity index (χ4v) is 4.47. The van der Waals surface area contributed by atoms with Gasteiger partial charge in [-0.05, 0) is 55.7 Å². The molecule has 1 aromatic heterocycles. The number of anilines is 2. The van der Waals surface area contributed by atoms with Gasteiger partial charge >= 0.3 is 0 Å². The number of hydrogen-bond donors (Lipinski definition) is 2. The molecular formula is C35H34N4. The van der Waals surface area contributed by atoms with Crippen molar-refractivity contribution in [2.45, 2.75) is 27.7 Å². The summed E-state index contributed by atoms with van der Waals surface area (Å²) in [5.41, 5.74) is 10.9. The van der Waals surface area contributed by atoms with E-state index in [1.54, 1.807) is 0 Å². The van der Waals surface area contributed by atoms with Crippen LogP contribution in [0.1, 0.15) is 27.7 Å². The standard InChI is InChI=1S/C35H34N4/c1-24(2)26(4)32(37-29-19-12-7-13-20-29)23-25(3)36-30-21-14-22-31-35(30)39-34(28-17-10-6-11-18-28)33(38-31)27-15-8-5-9-16-27/h5-24,36-37H,1-4H3/b25-23+,32-26-. The van der Waals surface area contributed by atoms with Gasteiger partial charge in [0.25, 0.3) is 0 Å². The number of nitrogens with zero attached hydrogens (tertiary/aromatic N) is 2. The van der Waals surface area contributed by atoms with Crippen molar-refractivity contribution in [3.8, 4) is 22.5 Å². The zero-order valence-electron chi connectivity index (χ0n) is 22.9. The quantitative estimate of drug-likeness (QED) is 0.204. The van der Waals surface area contributed by atoms with Crippen molar-refractivity contribution in [1.82, 2.24) is 9.97 Å². The zero-order valence-corrected chi connectivity index (χ0v) is 22.9. The Bertz CT molecular complexity index is 1620. The topological polar surface area (TPSA) is 49.8 Å². The van der Waals surface area contributed by atoms with Gasteiger partial charge in [-0.1, -0.05) is 98.8 Å². The third kappa shape index (κ3) is 6.07. The highest BCUT2D eigenvalue weighted by molar-refractivity contribution is 5.93. The third-order valence-corrected chi connectivity index (χ3v) is 6.83. The number of fused-ring (bicyclic) bond motifs is 1. The fraction of sp³-hybridized carbons (Fsp3) is 0.143. The average molecular weight is 511 g/mol. The summed E-state index contributed by atoms with van der Waals surface area (Å²) in [6, 6.07) is 36.9. The Balaban J connectivity index is 1.57. The second-order valence-corrected chi connectivity index (χ2v) is 10.0. The Morgan fingerprint density at radius 3 is 1.79 bits per heavy atom. The van der Waals surface area contributed by atoms with Gasteiger partial charge in [0.1, 0.15) is 5.52 Å². The summed E-state index contributed by atoms with van der Waals surface area (Å²) in [5, 5.41) is 7.22. The molecule has 4 aromatic carbocycles. The average Bonchev–Trinajstić information content (AvgIpc) is 2.97. The molecule has 2 N–H and O–H groups in total. The minimum atomic E-state index is 0.411. The molecule has 0 unspecified atom stereocenters. The molecule has 0 bridgehead atoms. The first-order valence-corrected chi connectivity index (χ1v) is 13.4. The van der Waals surface area contributed by atoms with E-state index in [1.165, 1.54) is 5.57 Å². The molecule has 0 amide bonds. The van der Waals surface area contributed by atoms with Crippen LogP contribution in [0.25, 0.3) is 33.5 Å². The Labute approximate surface area is 231 Å². The largest absolute Gasteiger partial charge is 0.357 e. The molecule has 0 atom stereocenters. The van der Waals surface area contributed by atoms with E-state index in [2.05, 4.69) is 86.9 Å². The number of para-hydroxylation sites is 2. The van der Waals surface area contributed by atoms with E-state index in [9.17, 15) is 0 Å². The van der Waals surface area contributed by atoms with E-state index in [4.69, 9.17) is 9.97 Å². The van der Waals surface area contributed by atoms with E-state index in [0.717, 1.165) is 56.3 Å². The second kappa shape index (κ2) is 11.8. The van der Waals surface area contributed by atoms with E-state index in [-0.39, 0.29) is 0 Å². The van der Waals surface area contributed by atoms with Gasteiger partial charge in [-0.25, -0.2) is 9.97 Å². The van der Waals surface area contributed by atoms with Crippen LogP contribution >= 0.6 is 0 Å². The van der Waals surface area contributed by atoms with E-state index in [1.807, 2.05) is 66.7 Å². The van der Waals surface area contributed by atoms with Crippen LogP contribution in [0.5, 0.6) is 0 Å². The molecular weight excluding hydrogens is 476 g/mol. The third-order valence-electron chi connectivity index (χ3n) is 6.83. The Morgan fingerprint density at radius 1 is 0.641 bits per heavy atom. The Morgan fingerprint density at radius 2 is 1.21 bits per heavy atom. The summed E-state index contributed by atoms with van der Waals surface area (Å²) < 4.78 is 0. The number of aromatic nitrogens is 2. The van der Waals surface area contributed by atoms with Crippen molar-refractivity contribution < 1.29 is 0 Å². The maximum atomic E-state index is 5.21. The normalized spacial score (nSPS) is 12.4. The predicted octanol–water partition coefficient (Wildman–Crippen LogP) is 9.32. The summed E-state index contributed by atoms with van der Waals surface area (Å²) in [5.74, 6) is 0.411. The van der Waals surface area contributed by atoms with E-state index >= 15 is 0 Å². The van der Waals surface area contributed by atoms with Gasteiger partial charge in [0, 0.05) is 28.2 Å². The summed E-state index contributed by atoms with van der Waals surface area (Å²) >= 11 is 0. The monoisotopic (exact) mass is 510 g/mol. The van der Waals surface area contributed by atoms with Crippen molar-refractivity contribution in [3.05, 3.63) is 132 Å². The van der Waals surface area contributed by atoms with Crippen LogP contribution in [-0.2, 0) is 0 Å². The molecule has 0 aliphatic carbocycles. The van der Waals surface area contributed by atoms with Gasteiger partial charge in [0.15, 0.2) is 0 Å². The molecule has 4 heteroatoms. The number of allylic oxidation sites excluding steroid dienone is 3. The van der Waals surface area contributed by atoms with Crippen LogP contribution in [0.2, 0.25) is 0 Å². The number of hydrogen-bond acceptors (Lipinski definition) is 4. The Hall–Kier alpha value is -4.70. The first-order valence-electron chi connectivity index (χ1n) is 13.4. The molecule has 0 aliphatic heterocycles. The van der Waals surface area contributed by atoms with Crippen LogP contribution in [0.3, 0.4) is 0 Å². The lowest BCUT2D eigenvalue weighted by atomic mass is 10.0. The van der Waals surface area contributed by atoms with Crippen LogP contribution in [0.15, 0.2) is 132 Å². The lowest BCUT2D eigenvalue weighted by Gasteiger charge is -2.17. The molecule has 194 valence electrons. The molecule has 0 aliphatic rings. The Kier molecular flexibility index (Phi) is 7.83. The molecule has 5 rings (SSSR count). The molecule has 0 saturated carbocycles. The van der Waals surface area contributed by atoms with Gasteiger partial charge in [0.05, 0.1) is 22.6 Å². The van der Waals surface area contributed by atoms with Gasteiger partial charge in [-0.15, -0.1) is 0 Å². The molecule has 1 heterocycles. The number of nitrogens with one attached hydrogen (secondary N) is 2. The molecule has 0 fully saturated rings. The van der Waals surface area contributed by atoms with Crippen molar-refractivity contribution >= 4 is 22.4 Å². The highest BCUT2D eigenvalue weighted by Gasteiger charge is 2.15. The van der Waals surface area contributed by atoms with Crippen LogP contribution in [-0.4, -0.2) is 9.97 Å². The molecule has 0 spiro atoms. The number of benzene rings is 4. The van der Waals surface area contributed by atoms with Gasteiger partial charge in [-0.2, -0.15) is 0 Å². The highest BCUT2D eigenvalue weighted by atomic mass is 14.9. The van der Waals surface area contributed by atoms with Gasteiger partial charge in [0.2, 0.25) is 0 Å². The molecule has 39 heavy (non-hydrogen) atoms. The maximum Gasteiger partial charge on any atom is 0.113 e.